The Balaban J connectivity index is 1.23. The van der Waals surface area contributed by atoms with Gasteiger partial charge in [0.25, 0.3) is 0 Å². The number of aromatic nitrogens is 4. The SMILES string of the molecule is CN1CCN(c2ccc(-c3cnc4[nH]cc(-c5ccc(OCCNC(=O)OC(C)(C)C)nc5)c4n3)cc2)CC1. The molecule has 0 atom stereocenters. The monoisotopic (exact) mass is 529 g/mol. The molecular formula is C29H35N7O3. The first-order valence-corrected chi connectivity index (χ1v) is 13.2. The Morgan fingerprint density at radius 2 is 1.74 bits per heavy atom. The molecule has 4 aromatic rings. The smallest absolute Gasteiger partial charge is 0.407 e. The Bertz CT molecular complexity index is 1400. The van der Waals surface area contributed by atoms with Crippen molar-refractivity contribution in [1.82, 2.24) is 30.2 Å². The standard InChI is InChI=1S/C29H35N7O3/c1-29(2,3)39-28(37)30-11-16-38-25-10-7-21(17-31-25)23-18-32-27-26(23)34-24(19-33-27)20-5-8-22(9-6-20)36-14-12-35(4)13-15-36/h5-10,17-19H,11-16H2,1-4H3,(H,30,37)(H,32,33). The molecule has 1 fully saturated rings. The lowest BCUT2D eigenvalue weighted by Crippen LogP contribution is -2.44. The van der Waals surface area contributed by atoms with Crippen LogP contribution in [0.2, 0.25) is 0 Å². The van der Waals surface area contributed by atoms with E-state index in [1.807, 2.05) is 33.0 Å². The van der Waals surface area contributed by atoms with E-state index in [9.17, 15) is 4.79 Å². The Kier molecular flexibility index (Phi) is 7.65. The number of anilines is 1. The topological polar surface area (TPSA) is 109 Å². The van der Waals surface area contributed by atoms with Crippen molar-refractivity contribution in [2.75, 3.05) is 51.3 Å². The highest BCUT2D eigenvalue weighted by molar-refractivity contribution is 5.91. The number of amides is 1. The number of hydrogen-bond donors (Lipinski definition) is 2. The molecule has 0 bridgehead atoms. The summed E-state index contributed by atoms with van der Waals surface area (Å²) in [6, 6.07) is 12.3. The van der Waals surface area contributed by atoms with Crippen LogP contribution in [0.4, 0.5) is 10.5 Å². The Labute approximate surface area is 228 Å². The van der Waals surface area contributed by atoms with Crippen molar-refractivity contribution in [3.8, 4) is 28.3 Å². The number of H-pyrrole nitrogens is 1. The highest BCUT2D eigenvalue weighted by Crippen LogP contribution is 2.29. The quantitative estimate of drug-likeness (QED) is 0.341. The number of hydrogen-bond acceptors (Lipinski definition) is 8. The summed E-state index contributed by atoms with van der Waals surface area (Å²) in [5.74, 6) is 0.469. The first-order chi connectivity index (χ1) is 18.7. The molecule has 0 radical (unpaired) electrons. The van der Waals surface area contributed by atoms with E-state index in [0.717, 1.165) is 59.7 Å². The van der Waals surface area contributed by atoms with Crippen LogP contribution in [0, 0.1) is 0 Å². The van der Waals surface area contributed by atoms with Gasteiger partial charge in [-0.3, -0.25) is 0 Å². The highest BCUT2D eigenvalue weighted by Gasteiger charge is 2.17. The van der Waals surface area contributed by atoms with Gasteiger partial charge in [-0.1, -0.05) is 12.1 Å². The van der Waals surface area contributed by atoms with Crippen molar-refractivity contribution in [3.63, 3.8) is 0 Å². The van der Waals surface area contributed by atoms with Crippen molar-refractivity contribution >= 4 is 22.9 Å². The van der Waals surface area contributed by atoms with Crippen LogP contribution in [0.15, 0.2) is 55.0 Å². The van der Waals surface area contributed by atoms with Crippen LogP contribution >= 0.6 is 0 Å². The maximum Gasteiger partial charge on any atom is 0.407 e. The zero-order chi connectivity index (χ0) is 27.4. The zero-order valence-electron chi connectivity index (χ0n) is 22.9. The number of benzene rings is 1. The lowest BCUT2D eigenvalue weighted by molar-refractivity contribution is 0.0520. The van der Waals surface area contributed by atoms with Crippen LogP contribution in [-0.2, 0) is 4.74 Å². The average molecular weight is 530 g/mol. The number of alkyl carbamates (subject to hydrolysis) is 1. The number of fused-ring (bicyclic) bond motifs is 1. The van der Waals surface area contributed by atoms with Gasteiger partial charge in [0.2, 0.25) is 5.88 Å². The van der Waals surface area contributed by atoms with E-state index >= 15 is 0 Å². The number of nitrogens with one attached hydrogen (secondary N) is 2. The van der Waals surface area contributed by atoms with E-state index in [-0.39, 0.29) is 6.61 Å². The Hall–Kier alpha value is -4.18. The molecule has 204 valence electrons. The third-order valence-corrected chi connectivity index (χ3v) is 6.48. The predicted molar refractivity (Wildman–Crippen MR) is 152 cm³/mol. The summed E-state index contributed by atoms with van der Waals surface area (Å²) in [6.07, 6.45) is 4.97. The lowest BCUT2D eigenvalue weighted by atomic mass is 10.1. The van der Waals surface area contributed by atoms with E-state index in [1.165, 1.54) is 5.69 Å². The van der Waals surface area contributed by atoms with Gasteiger partial charge < -0.3 is 29.6 Å². The number of aromatic amines is 1. The number of piperazine rings is 1. The molecule has 1 aliphatic rings. The fourth-order valence-corrected chi connectivity index (χ4v) is 4.41. The number of likely N-dealkylation sites (N-methyl/N-ethyl adjacent to an activating group) is 1. The first kappa shape index (κ1) is 26.4. The molecule has 1 amide bonds. The van der Waals surface area contributed by atoms with E-state index in [4.69, 9.17) is 14.5 Å². The minimum atomic E-state index is -0.537. The van der Waals surface area contributed by atoms with Gasteiger partial charge in [-0.05, 0) is 46.0 Å². The first-order valence-electron chi connectivity index (χ1n) is 13.2. The fourth-order valence-electron chi connectivity index (χ4n) is 4.41. The van der Waals surface area contributed by atoms with Crippen LogP contribution in [0.25, 0.3) is 33.5 Å². The molecule has 1 aliphatic heterocycles. The summed E-state index contributed by atoms with van der Waals surface area (Å²) in [5.41, 5.74) is 5.86. The number of nitrogens with zero attached hydrogens (tertiary/aromatic N) is 5. The number of pyridine rings is 1. The maximum absolute atomic E-state index is 11.7. The van der Waals surface area contributed by atoms with E-state index in [2.05, 4.69) is 61.4 Å². The van der Waals surface area contributed by atoms with E-state index in [0.29, 0.717) is 12.4 Å². The molecule has 10 nitrogen and oxygen atoms in total. The molecule has 0 unspecified atom stereocenters. The molecule has 5 rings (SSSR count). The van der Waals surface area contributed by atoms with Crippen LogP contribution in [-0.4, -0.2) is 82.9 Å². The number of carbonyl (C=O) groups is 1. The normalized spacial score (nSPS) is 14.4. The summed E-state index contributed by atoms with van der Waals surface area (Å²) in [7, 11) is 2.16. The molecule has 4 heterocycles. The largest absolute Gasteiger partial charge is 0.476 e. The third kappa shape index (κ3) is 6.64. The van der Waals surface area contributed by atoms with Gasteiger partial charge in [0.1, 0.15) is 17.7 Å². The summed E-state index contributed by atoms with van der Waals surface area (Å²) in [6.45, 7) is 10.3. The van der Waals surface area contributed by atoms with E-state index < -0.39 is 11.7 Å². The molecule has 0 spiro atoms. The fraction of sp³-hybridized carbons (Fsp3) is 0.379. The van der Waals surface area contributed by atoms with Gasteiger partial charge in [0.05, 0.1) is 18.4 Å². The molecular weight excluding hydrogens is 494 g/mol. The van der Waals surface area contributed by atoms with Gasteiger partial charge in [0, 0.05) is 67.0 Å². The molecule has 1 saturated heterocycles. The lowest BCUT2D eigenvalue weighted by Gasteiger charge is -2.34. The van der Waals surface area contributed by atoms with E-state index in [1.54, 1.807) is 18.5 Å². The number of ether oxygens (including phenoxy) is 2. The summed E-state index contributed by atoms with van der Waals surface area (Å²) < 4.78 is 10.9. The molecule has 0 saturated carbocycles. The van der Waals surface area contributed by atoms with Gasteiger partial charge in [-0.15, -0.1) is 0 Å². The van der Waals surface area contributed by atoms with Crippen molar-refractivity contribution in [1.29, 1.82) is 0 Å². The molecule has 2 N–H and O–H groups in total. The second-order valence-corrected chi connectivity index (χ2v) is 10.7. The Morgan fingerprint density at radius 1 is 1.00 bits per heavy atom. The van der Waals surface area contributed by atoms with Crippen LogP contribution in [0.3, 0.4) is 0 Å². The van der Waals surface area contributed by atoms with Gasteiger partial charge >= 0.3 is 6.09 Å². The maximum atomic E-state index is 11.7. The van der Waals surface area contributed by atoms with Crippen molar-refractivity contribution < 1.29 is 14.3 Å². The van der Waals surface area contributed by atoms with Crippen molar-refractivity contribution in [2.45, 2.75) is 26.4 Å². The second kappa shape index (κ2) is 11.3. The summed E-state index contributed by atoms with van der Waals surface area (Å²) in [5, 5.41) is 2.67. The Morgan fingerprint density at radius 3 is 2.44 bits per heavy atom. The third-order valence-electron chi connectivity index (χ3n) is 6.48. The summed E-state index contributed by atoms with van der Waals surface area (Å²) >= 11 is 0. The average Bonchev–Trinajstić information content (AvgIpc) is 3.34. The minimum Gasteiger partial charge on any atom is -0.476 e. The molecule has 0 aliphatic carbocycles. The van der Waals surface area contributed by atoms with Crippen molar-refractivity contribution in [2.24, 2.45) is 0 Å². The number of rotatable bonds is 7. The second-order valence-electron chi connectivity index (χ2n) is 10.7. The van der Waals surface area contributed by atoms with Crippen molar-refractivity contribution in [3.05, 3.63) is 55.0 Å². The van der Waals surface area contributed by atoms with Gasteiger partial charge in [-0.2, -0.15) is 0 Å². The zero-order valence-corrected chi connectivity index (χ0v) is 22.9. The van der Waals surface area contributed by atoms with Crippen LogP contribution in [0.5, 0.6) is 5.88 Å². The highest BCUT2D eigenvalue weighted by atomic mass is 16.6. The molecule has 39 heavy (non-hydrogen) atoms. The van der Waals surface area contributed by atoms with Crippen LogP contribution < -0.4 is 15.0 Å². The summed E-state index contributed by atoms with van der Waals surface area (Å²) in [4.78, 5) is 33.7. The number of carbonyl (C=O) groups excluding carboxylic acids is 1. The van der Waals surface area contributed by atoms with Crippen LogP contribution in [0.1, 0.15) is 20.8 Å². The molecule has 3 aromatic heterocycles. The predicted octanol–water partition coefficient (Wildman–Crippen LogP) is 4.34. The molecule has 1 aromatic carbocycles. The van der Waals surface area contributed by atoms with Gasteiger partial charge in [-0.25, -0.2) is 19.7 Å². The van der Waals surface area contributed by atoms with Gasteiger partial charge in [0.15, 0.2) is 5.65 Å². The molecule has 10 heteroatoms. The minimum absolute atomic E-state index is 0.279.